The van der Waals surface area contributed by atoms with Crippen LogP contribution < -0.4 is 10.0 Å². The van der Waals surface area contributed by atoms with Gasteiger partial charge in [-0.1, -0.05) is 0 Å². The van der Waals surface area contributed by atoms with Gasteiger partial charge in [0.1, 0.15) is 0 Å². The van der Waals surface area contributed by atoms with Crippen LogP contribution in [0.15, 0.2) is 11.4 Å². The molecule has 2 N–H and O–H groups in total. The smallest absolute Gasteiger partial charge is 0.279 e. The quantitative estimate of drug-likeness (QED) is 0.678. The number of hydrogen-bond donors (Lipinski definition) is 2. The zero-order chi connectivity index (χ0) is 14.6. The summed E-state index contributed by atoms with van der Waals surface area (Å²) in [7, 11) is -1.75. The Labute approximate surface area is 125 Å². The molecule has 1 aliphatic carbocycles. The molecule has 1 aromatic heterocycles. The van der Waals surface area contributed by atoms with Crippen molar-refractivity contribution >= 4 is 21.5 Å². The lowest BCUT2D eigenvalue weighted by Gasteiger charge is -2.17. The van der Waals surface area contributed by atoms with Gasteiger partial charge in [0.25, 0.3) is 10.2 Å². The van der Waals surface area contributed by atoms with Crippen molar-refractivity contribution in [2.75, 3.05) is 20.1 Å². The first-order valence-electron chi connectivity index (χ1n) is 6.96. The first kappa shape index (κ1) is 15.9. The number of nitrogens with zero attached hydrogens (tertiary/aromatic N) is 1. The molecule has 7 heteroatoms. The zero-order valence-corrected chi connectivity index (χ0v) is 13.7. The SMILES string of the molecule is Cc1ccsc1CNS(=O)(=O)N(C)CCCNC1CC1. The van der Waals surface area contributed by atoms with Crippen molar-refractivity contribution in [3.05, 3.63) is 21.9 Å². The van der Waals surface area contributed by atoms with E-state index in [-0.39, 0.29) is 0 Å². The second-order valence-corrected chi connectivity index (χ2v) is 8.12. The van der Waals surface area contributed by atoms with Crippen molar-refractivity contribution in [3.63, 3.8) is 0 Å². The van der Waals surface area contributed by atoms with Crippen LogP contribution in [-0.2, 0) is 16.8 Å². The lowest BCUT2D eigenvalue weighted by molar-refractivity contribution is 0.444. The molecule has 114 valence electrons. The van der Waals surface area contributed by atoms with Gasteiger partial charge in [-0.25, -0.2) is 0 Å². The van der Waals surface area contributed by atoms with Crippen LogP contribution in [0.3, 0.4) is 0 Å². The first-order valence-corrected chi connectivity index (χ1v) is 9.28. The van der Waals surface area contributed by atoms with Gasteiger partial charge in [0.2, 0.25) is 0 Å². The van der Waals surface area contributed by atoms with Crippen LogP contribution in [0, 0.1) is 6.92 Å². The molecule has 20 heavy (non-hydrogen) atoms. The molecule has 0 aliphatic heterocycles. The number of thiophene rings is 1. The molecule has 1 fully saturated rings. The van der Waals surface area contributed by atoms with Crippen LogP contribution in [0.2, 0.25) is 0 Å². The largest absolute Gasteiger partial charge is 0.314 e. The molecule has 1 aromatic rings. The monoisotopic (exact) mass is 317 g/mol. The summed E-state index contributed by atoms with van der Waals surface area (Å²) in [6.07, 6.45) is 3.36. The van der Waals surface area contributed by atoms with Gasteiger partial charge in [0, 0.05) is 31.1 Å². The van der Waals surface area contributed by atoms with Crippen molar-refractivity contribution in [2.45, 2.75) is 38.8 Å². The van der Waals surface area contributed by atoms with Gasteiger partial charge in [-0.05, 0) is 49.7 Å². The molecule has 0 amide bonds. The summed E-state index contributed by atoms with van der Waals surface area (Å²) in [5.41, 5.74) is 1.13. The molecule has 1 heterocycles. The van der Waals surface area contributed by atoms with Crippen molar-refractivity contribution in [2.24, 2.45) is 0 Å². The molecule has 0 spiro atoms. The Bertz CT molecular complexity index is 523. The molecular weight excluding hydrogens is 294 g/mol. The van der Waals surface area contributed by atoms with E-state index >= 15 is 0 Å². The van der Waals surface area contributed by atoms with E-state index in [9.17, 15) is 8.42 Å². The maximum absolute atomic E-state index is 12.1. The van der Waals surface area contributed by atoms with Crippen LogP contribution in [-0.4, -0.2) is 38.9 Å². The predicted octanol–water partition coefficient (Wildman–Crippen LogP) is 1.46. The fourth-order valence-corrected chi connectivity index (χ4v) is 3.72. The van der Waals surface area contributed by atoms with Crippen LogP contribution in [0.4, 0.5) is 0 Å². The Morgan fingerprint density at radius 2 is 2.20 bits per heavy atom. The van der Waals surface area contributed by atoms with Crippen molar-refractivity contribution < 1.29 is 8.42 Å². The summed E-state index contributed by atoms with van der Waals surface area (Å²) in [4.78, 5) is 1.07. The highest BCUT2D eigenvalue weighted by Gasteiger charge is 2.21. The minimum absolute atomic E-state index is 0.372. The van der Waals surface area contributed by atoms with Gasteiger partial charge < -0.3 is 5.32 Å². The highest BCUT2D eigenvalue weighted by atomic mass is 32.2. The minimum Gasteiger partial charge on any atom is -0.314 e. The van der Waals surface area contributed by atoms with Crippen molar-refractivity contribution in [1.82, 2.24) is 14.3 Å². The van der Waals surface area contributed by atoms with Crippen molar-refractivity contribution in [1.29, 1.82) is 0 Å². The molecule has 5 nitrogen and oxygen atoms in total. The summed E-state index contributed by atoms with van der Waals surface area (Å²) in [6, 6.07) is 2.68. The molecule has 2 rings (SSSR count). The normalized spacial score (nSPS) is 15.9. The van der Waals surface area contributed by atoms with Gasteiger partial charge in [0.05, 0.1) is 0 Å². The van der Waals surface area contributed by atoms with Crippen LogP contribution >= 0.6 is 11.3 Å². The van der Waals surface area contributed by atoms with E-state index in [0.29, 0.717) is 19.1 Å². The lowest BCUT2D eigenvalue weighted by Crippen LogP contribution is -2.39. The molecule has 1 aliphatic rings. The van der Waals surface area contributed by atoms with Gasteiger partial charge in [0.15, 0.2) is 0 Å². The topological polar surface area (TPSA) is 61.4 Å². The van der Waals surface area contributed by atoms with Crippen LogP contribution in [0.25, 0.3) is 0 Å². The molecule has 0 unspecified atom stereocenters. The molecule has 0 saturated heterocycles. The van der Waals surface area contributed by atoms with E-state index in [1.165, 1.54) is 17.1 Å². The van der Waals surface area contributed by atoms with Gasteiger partial charge in [-0.2, -0.15) is 17.4 Å². The molecule has 1 saturated carbocycles. The summed E-state index contributed by atoms with van der Waals surface area (Å²) in [5.74, 6) is 0. The first-order chi connectivity index (χ1) is 9.49. The maximum Gasteiger partial charge on any atom is 0.279 e. The Kier molecular flexibility index (Phi) is 5.57. The minimum atomic E-state index is -3.38. The van der Waals surface area contributed by atoms with Crippen LogP contribution in [0.5, 0.6) is 0 Å². The molecular formula is C13H23N3O2S2. The standard InChI is InChI=1S/C13H23N3O2S2/c1-11-6-9-19-13(11)10-15-20(17,18)16(2)8-3-7-14-12-4-5-12/h6,9,12,14-15H,3-5,7-8,10H2,1-2H3. The van der Waals surface area contributed by atoms with E-state index in [0.717, 1.165) is 23.4 Å². The highest BCUT2D eigenvalue weighted by Crippen LogP contribution is 2.18. The predicted molar refractivity (Wildman–Crippen MR) is 83.1 cm³/mol. The van der Waals surface area contributed by atoms with E-state index in [2.05, 4.69) is 10.0 Å². The third kappa shape index (κ3) is 4.82. The maximum atomic E-state index is 12.1. The summed E-state index contributed by atoms with van der Waals surface area (Å²) >= 11 is 1.58. The van der Waals surface area contributed by atoms with E-state index < -0.39 is 10.2 Å². The lowest BCUT2D eigenvalue weighted by atomic mass is 10.3. The Morgan fingerprint density at radius 1 is 1.45 bits per heavy atom. The van der Waals surface area contributed by atoms with E-state index in [1.807, 2.05) is 18.4 Å². The van der Waals surface area contributed by atoms with Gasteiger partial charge in [-0.15, -0.1) is 11.3 Å². The fraction of sp³-hybridized carbons (Fsp3) is 0.692. The van der Waals surface area contributed by atoms with Gasteiger partial charge in [-0.3, -0.25) is 0 Å². The van der Waals surface area contributed by atoms with Crippen molar-refractivity contribution in [3.8, 4) is 0 Å². The highest BCUT2D eigenvalue weighted by molar-refractivity contribution is 7.87. The average Bonchev–Trinajstić information content (AvgIpc) is 3.14. The molecule has 0 atom stereocenters. The molecule has 0 aromatic carbocycles. The number of aryl methyl sites for hydroxylation is 1. The summed E-state index contributed by atoms with van der Waals surface area (Å²) in [6.45, 7) is 3.79. The summed E-state index contributed by atoms with van der Waals surface area (Å²) in [5, 5.41) is 5.36. The Morgan fingerprint density at radius 3 is 2.80 bits per heavy atom. The second-order valence-electron chi connectivity index (χ2n) is 5.26. The van der Waals surface area contributed by atoms with E-state index in [1.54, 1.807) is 18.4 Å². The summed E-state index contributed by atoms with van der Waals surface area (Å²) < 4.78 is 28.2. The van der Waals surface area contributed by atoms with E-state index in [4.69, 9.17) is 0 Å². The third-order valence-corrected chi connectivity index (χ3v) is 5.99. The van der Waals surface area contributed by atoms with Gasteiger partial charge >= 0.3 is 0 Å². The number of hydrogen-bond acceptors (Lipinski definition) is 4. The second kappa shape index (κ2) is 7.00. The zero-order valence-electron chi connectivity index (χ0n) is 12.1. The Balaban J connectivity index is 1.71. The van der Waals surface area contributed by atoms with Crippen LogP contribution in [0.1, 0.15) is 29.7 Å². The fourth-order valence-electron chi connectivity index (χ4n) is 1.87. The third-order valence-electron chi connectivity index (χ3n) is 3.45. The molecule has 0 radical (unpaired) electrons. The average molecular weight is 317 g/mol. The number of rotatable bonds is 9. The Hall–Kier alpha value is -0.470. The number of nitrogens with one attached hydrogen (secondary N) is 2. The molecule has 0 bridgehead atoms.